The van der Waals surface area contributed by atoms with E-state index in [-0.39, 0.29) is 5.82 Å². The van der Waals surface area contributed by atoms with Gasteiger partial charge in [0, 0.05) is 43.7 Å². The third-order valence-electron chi connectivity index (χ3n) is 4.47. The first-order chi connectivity index (χ1) is 12.1. The number of likely N-dealkylation sites (tertiary alicyclic amines) is 1. The van der Waals surface area contributed by atoms with Crippen molar-refractivity contribution in [2.24, 2.45) is 4.99 Å². The molecule has 0 saturated carbocycles. The molecule has 138 valence electrons. The minimum atomic E-state index is -0.150. The van der Waals surface area contributed by atoms with Crippen LogP contribution in [0.25, 0.3) is 0 Å². The van der Waals surface area contributed by atoms with E-state index in [0.29, 0.717) is 12.5 Å². The Kier molecular flexibility index (Phi) is 8.41. The van der Waals surface area contributed by atoms with Crippen molar-refractivity contribution in [2.45, 2.75) is 31.7 Å². The number of nitrogens with zero attached hydrogens (tertiary/aromatic N) is 2. The van der Waals surface area contributed by atoms with E-state index >= 15 is 0 Å². The highest BCUT2D eigenvalue weighted by molar-refractivity contribution is 9.10. The molecule has 0 unspecified atom stereocenters. The van der Waals surface area contributed by atoms with Gasteiger partial charge in [0.1, 0.15) is 5.82 Å². The molecule has 1 fully saturated rings. The van der Waals surface area contributed by atoms with Crippen molar-refractivity contribution >= 4 is 21.9 Å². The summed E-state index contributed by atoms with van der Waals surface area (Å²) in [5, 5.41) is 6.82. The van der Waals surface area contributed by atoms with E-state index in [4.69, 9.17) is 0 Å². The third kappa shape index (κ3) is 6.78. The summed E-state index contributed by atoms with van der Waals surface area (Å²) >= 11 is 3.28. The molecule has 0 atom stereocenters. The summed E-state index contributed by atoms with van der Waals surface area (Å²) in [6, 6.07) is 5.69. The van der Waals surface area contributed by atoms with Crippen molar-refractivity contribution < 1.29 is 4.39 Å². The number of guanidine groups is 1. The molecule has 0 bridgehead atoms. The molecule has 2 rings (SSSR count). The number of aliphatic imine (C=N–C) groups is 1. The Morgan fingerprint density at radius 3 is 2.84 bits per heavy atom. The Balaban J connectivity index is 1.68. The van der Waals surface area contributed by atoms with Gasteiger partial charge in [-0.25, -0.2) is 4.39 Å². The summed E-state index contributed by atoms with van der Waals surface area (Å²) in [5.41, 5.74) is 0.752. The molecular formula is C19H28BrFN4. The number of aryl methyl sites for hydroxylation is 1. The first kappa shape index (κ1) is 19.9. The second kappa shape index (κ2) is 10.6. The van der Waals surface area contributed by atoms with Crippen LogP contribution in [-0.4, -0.2) is 50.1 Å². The van der Waals surface area contributed by atoms with Crippen LogP contribution in [0, 0.1) is 5.82 Å². The highest BCUT2D eigenvalue weighted by Crippen LogP contribution is 2.16. The molecule has 0 aromatic heterocycles. The molecule has 1 aliphatic rings. The van der Waals surface area contributed by atoms with Gasteiger partial charge < -0.3 is 10.6 Å². The second-order valence-electron chi connectivity index (χ2n) is 6.35. The predicted octanol–water partition coefficient (Wildman–Crippen LogP) is 3.34. The maximum Gasteiger partial charge on any atom is 0.191 e. The van der Waals surface area contributed by atoms with Gasteiger partial charge >= 0.3 is 0 Å². The average Bonchev–Trinajstić information content (AvgIpc) is 2.61. The molecule has 1 heterocycles. The van der Waals surface area contributed by atoms with E-state index in [1.165, 1.54) is 6.07 Å². The van der Waals surface area contributed by atoms with Gasteiger partial charge in [-0.15, -0.1) is 6.58 Å². The van der Waals surface area contributed by atoms with Gasteiger partial charge in [-0.3, -0.25) is 9.89 Å². The topological polar surface area (TPSA) is 39.7 Å². The lowest BCUT2D eigenvalue weighted by Gasteiger charge is -2.32. The van der Waals surface area contributed by atoms with Crippen LogP contribution in [-0.2, 0) is 6.42 Å². The normalized spacial score (nSPS) is 16.7. The van der Waals surface area contributed by atoms with E-state index < -0.39 is 0 Å². The Bertz CT molecular complexity index is 583. The fourth-order valence-corrected chi connectivity index (χ4v) is 3.37. The third-order valence-corrected chi connectivity index (χ3v) is 4.96. The lowest BCUT2D eigenvalue weighted by atomic mass is 10.1. The molecule has 4 nitrogen and oxygen atoms in total. The van der Waals surface area contributed by atoms with Crippen LogP contribution in [0.1, 0.15) is 24.8 Å². The maximum absolute atomic E-state index is 13.8. The summed E-state index contributed by atoms with van der Waals surface area (Å²) in [7, 11) is 1.79. The molecule has 6 heteroatoms. The summed E-state index contributed by atoms with van der Waals surface area (Å²) in [5.74, 6) is 0.682. The average molecular weight is 411 g/mol. The molecule has 1 aliphatic heterocycles. The minimum Gasteiger partial charge on any atom is -0.356 e. The van der Waals surface area contributed by atoms with E-state index in [9.17, 15) is 4.39 Å². The molecule has 2 N–H and O–H groups in total. The number of hydrogen-bond acceptors (Lipinski definition) is 2. The number of halogens is 2. The van der Waals surface area contributed by atoms with Gasteiger partial charge in [0.25, 0.3) is 0 Å². The van der Waals surface area contributed by atoms with E-state index in [2.05, 4.69) is 43.0 Å². The van der Waals surface area contributed by atoms with Crippen LogP contribution in [0.5, 0.6) is 0 Å². The lowest BCUT2D eigenvalue weighted by Crippen LogP contribution is -2.48. The minimum absolute atomic E-state index is 0.150. The quantitative estimate of drug-likeness (QED) is 0.313. The number of rotatable bonds is 7. The molecule has 0 spiro atoms. The Morgan fingerprint density at radius 1 is 1.44 bits per heavy atom. The predicted molar refractivity (Wildman–Crippen MR) is 107 cm³/mol. The molecular weight excluding hydrogens is 383 g/mol. The van der Waals surface area contributed by atoms with Gasteiger partial charge in [-0.1, -0.05) is 28.1 Å². The van der Waals surface area contributed by atoms with E-state index in [0.717, 1.165) is 61.4 Å². The standard InChI is InChI=1S/C19H28BrFN4/c1-3-11-25-12-8-17(9-13-25)24-19(22-2)23-10-4-5-15-6-7-16(20)14-18(15)21/h3,6-7,14,17H,1,4-5,8-13H2,2H3,(H2,22,23,24). The van der Waals surface area contributed by atoms with Gasteiger partial charge in [-0.05, 0) is 43.4 Å². The SMILES string of the molecule is C=CCN1CCC(NC(=NC)NCCCc2ccc(Br)cc2F)CC1. The van der Waals surface area contributed by atoms with E-state index in [1.54, 1.807) is 7.05 Å². The highest BCUT2D eigenvalue weighted by Gasteiger charge is 2.18. The molecule has 1 aromatic rings. The van der Waals surface area contributed by atoms with Crippen LogP contribution in [0.3, 0.4) is 0 Å². The van der Waals surface area contributed by atoms with Crippen LogP contribution in [0.4, 0.5) is 4.39 Å². The fourth-order valence-electron chi connectivity index (χ4n) is 3.04. The van der Waals surface area contributed by atoms with Gasteiger partial charge in [0.05, 0.1) is 0 Å². The van der Waals surface area contributed by atoms with Crippen molar-refractivity contribution in [3.05, 3.63) is 46.7 Å². The first-order valence-corrected chi connectivity index (χ1v) is 9.66. The molecule has 0 radical (unpaired) electrons. The van der Waals surface area contributed by atoms with Crippen LogP contribution >= 0.6 is 15.9 Å². The number of piperidine rings is 1. The van der Waals surface area contributed by atoms with Crippen LogP contribution < -0.4 is 10.6 Å². The molecule has 0 aliphatic carbocycles. The maximum atomic E-state index is 13.8. The van der Waals surface area contributed by atoms with Gasteiger partial charge in [-0.2, -0.15) is 0 Å². The molecule has 25 heavy (non-hydrogen) atoms. The van der Waals surface area contributed by atoms with Gasteiger partial charge in [0.15, 0.2) is 5.96 Å². The largest absolute Gasteiger partial charge is 0.356 e. The van der Waals surface area contributed by atoms with Crippen molar-refractivity contribution in [3.63, 3.8) is 0 Å². The lowest BCUT2D eigenvalue weighted by molar-refractivity contribution is 0.225. The highest BCUT2D eigenvalue weighted by atomic mass is 79.9. The Labute approximate surface area is 158 Å². The summed E-state index contributed by atoms with van der Waals surface area (Å²) < 4.78 is 14.6. The van der Waals surface area contributed by atoms with Crippen molar-refractivity contribution in [2.75, 3.05) is 33.2 Å². The van der Waals surface area contributed by atoms with E-state index in [1.807, 2.05) is 18.2 Å². The smallest absolute Gasteiger partial charge is 0.191 e. The van der Waals surface area contributed by atoms with Crippen molar-refractivity contribution in [3.8, 4) is 0 Å². The van der Waals surface area contributed by atoms with Crippen molar-refractivity contribution in [1.29, 1.82) is 0 Å². The van der Waals surface area contributed by atoms with Crippen LogP contribution in [0.2, 0.25) is 0 Å². The number of hydrogen-bond donors (Lipinski definition) is 2. The monoisotopic (exact) mass is 410 g/mol. The fraction of sp³-hybridized carbons (Fsp3) is 0.526. The van der Waals surface area contributed by atoms with Gasteiger partial charge in [0.2, 0.25) is 0 Å². The zero-order valence-electron chi connectivity index (χ0n) is 14.9. The number of benzene rings is 1. The zero-order valence-corrected chi connectivity index (χ0v) is 16.5. The summed E-state index contributed by atoms with van der Waals surface area (Å²) in [6.45, 7) is 7.70. The summed E-state index contributed by atoms with van der Waals surface area (Å²) in [4.78, 5) is 6.71. The molecule has 1 saturated heterocycles. The van der Waals surface area contributed by atoms with Crippen LogP contribution in [0.15, 0.2) is 40.3 Å². The molecule has 0 amide bonds. The Morgan fingerprint density at radius 2 is 2.20 bits per heavy atom. The zero-order chi connectivity index (χ0) is 18.1. The summed E-state index contributed by atoms with van der Waals surface area (Å²) in [6.07, 6.45) is 5.75. The second-order valence-corrected chi connectivity index (χ2v) is 7.26. The van der Waals surface area contributed by atoms with Crippen molar-refractivity contribution in [1.82, 2.24) is 15.5 Å². The number of nitrogens with one attached hydrogen (secondary N) is 2. The first-order valence-electron chi connectivity index (χ1n) is 8.86. The molecule has 1 aromatic carbocycles. The Hall–Kier alpha value is -1.40.